The number of halogens is 1. The van der Waals surface area contributed by atoms with E-state index < -0.39 is 0 Å². The quantitative estimate of drug-likeness (QED) is 0.855. The molecule has 1 saturated heterocycles. The molecule has 0 aromatic carbocycles. The SMILES string of the molecule is Cl.N[C@@H]1CCN(C(=O)CCn2nc3ccccn3c2=O)C1. The highest BCUT2D eigenvalue weighted by molar-refractivity contribution is 5.85. The van der Waals surface area contributed by atoms with E-state index in [-0.39, 0.29) is 36.5 Å². The van der Waals surface area contributed by atoms with Crippen LogP contribution in [0, 0.1) is 0 Å². The van der Waals surface area contributed by atoms with Gasteiger partial charge in [-0.25, -0.2) is 9.48 Å². The van der Waals surface area contributed by atoms with Gasteiger partial charge in [0.15, 0.2) is 5.65 Å². The van der Waals surface area contributed by atoms with Crippen molar-refractivity contribution in [3.05, 3.63) is 34.9 Å². The number of rotatable bonds is 3. The van der Waals surface area contributed by atoms with Crippen LogP contribution in [0.2, 0.25) is 0 Å². The third-order valence-electron chi connectivity index (χ3n) is 3.60. The average molecular weight is 312 g/mol. The number of fused-ring (bicyclic) bond motifs is 1. The van der Waals surface area contributed by atoms with Crippen molar-refractivity contribution < 1.29 is 4.79 Å². The molecule has 1 fully saturated rings. The standard InChI is InChI=1S/C13H17N5O2.ClH/c14-10-4-7-16(9-10)12(19)5-8-18-13(20)17-6-2-1-3-11(17)15-18;/h1-3,6,10H,4-5,7-9,14H2;1H/t10-;/m1./s1. The summed E-state index contributed by atoms with van der Waals surface area (Å²) in [7, 11) is 0. The van der Waals surface area contributed by atoms with E-state index in [1.165, 1.54) is 9.08 Å². The van der Waals surface area contributed by atoms with Gasteiger partial charge in [0.1, 0.15) is 0 Å². The minimum Gasteiger partial charge on any atom is -0.341 e. The number of aryl methyl sites for hydroxylation is 1. The number of nitrogens with zero attached hydrogens (tertiary/aromatic N) is 4. The normalized spacial score (nSPS) is 18.0. The molecule has 0 radical (unpaired) electrons. The van der Waals surface area contributed by atoms with Gasteiger partial charge in [-0.3, -0.25) is 9.20 Å². The topological polar surface area (TPSA) is 85.6 Å². The number of hydrogen-bond donors (Lipinski definition) is 1. The van der Waals surface area contributed by atoms with Gasteiger partial charge >= 0.3 is 5.69 Å². The molecular weight excluding hydrogens is 294 g/mol. The number of aromatic nitrogens is 3. The zero-order chi connectivity index (χ0) is 14.1. The molecule has 0 spiro atoms. The summed E-state index contributed by atoms with van der Waals surface area (Å²) in [5.74, 6) is 0.0295. The Bertz CT molecular complexity index is 695. The van der Waals surface area contributed by atoms with E-state index in [9.17, 15) is 9.59 Å². The van der Waals surface area contributed by atoms with Gasteiger partial charge in [-0.2, -0.15) is 0 Å². The van der Waals surface area contributed by atoms with E-state index in [0.717, 1.165) is 6.42 Å². The monoisotopic (exact) mass is 311 g/mol. The second-order valence-corrected chi connectivity index (χ2v) is 5.07. The van der Waals surface area contributed by atoms with E-state index in [2.05, 4.69) is 5.10 Å². The summed E-state index contributed by atoms with van der Waals surface area (Å²) < 4.78 is 2.81. The average Bonchev–Trinajstić information content (AvgIpc) is 3.01. The second-order valence-electron chi connectivity index (χ2n) is 5.07. The van der Waals surface area contributed by atoms with Gasteiger partial charge in [-0.05, 0) is 18.6 Å². The third-order valence-corrected chi connectivity index (χ3v) is 3.60. The van der Waals surface area contributed by atoms with E-state index >= 15 is 0 Å². The van der Waals surface area contributed by atoms with Crippen molar-refractivity contribution in [2.24, 2.45) is 5.73 Å². The van der Waals surface area contributed by atoms with Crippen molar-refractivity contribution in [3.63, 3.8) is 0 Å². The summed E-state index contributed by atoms with van der Waals surface area (Å²) in [6.45, 7) is 1.62. The highest BCUT2D eigenvalue weighted by Gasteiger charge is 2.23. The van der Waals surface area contributed by atoms with Crippen molar-refractivity contribution in [1.29, 1.82) is 0 Å². The molecule has 1 atom stereocenters. The molecule has 3 heterocycles. The Morgan fingerprint density at radius 2 is 2.24 bits per heavy atom. The zero-order valence-electron chi connectivity index (χ0n) is 11.5. The predicted molar refractivity (Wildman–Crippen MR) is 80.5 cm³/mol. The fourth-order valence-corrected chi connectivity index (χ4v) is 2.49. The molecule has 2 aromatic heterocycles. The largest absolute Gasteiger partial charge is 0.350 e. The van der Waals surface area contributed by atoms with Crippen LogP contribution in [0.3, 0.4) is 0 Å². The lowest BCUT2D eigenvalue weighted by atomic mass is 10.3. The van der Waals surface area contributed by atoms with E-state index in [1.54, 1.807) is 23.2 Å². The number of nitrogens with two attached hydrogens (primary N) is 1. The lowest BCUT2D eigenvalue weighted by Gasteiger charge is -2.15. The number of pyridine rings is 1. The molecule has 21 heavy (non-hydrogen) atoms. The van der Waals surface area contributed by atoms with Crippen molar-refractivity contribution >= 4 is 24.0 Å². The van der Waals surface area contributed by atoms with Gasteiger partial charge in [0.05, 0.1) is 6.54 Å². The Balaban J connectivity index is 0.00000161. The van der Waals surface area contributed by atoms with Gasteiger partial charge in [0.25, 0.3) is 0 Å². The molecule has 0 unspecified atom stereocenters. The minimum atomic E-state index is -0.216. The summed E-state index contributed by atoms with van der Waals surface area (Å²) in [6.07, 6.45) is 2.79. The van der Waals surface area contributed by atoms with Gasteiger partial charge in [-0.1, -0.05) is 6.07 Å². The third kappa shape index (κ3) is 3.08. The van der Waals surface area contributed by atoms with Crippen LogP contribution in [-0.2, 0) is 11.3 Å². The Kier molecular flexibility index (Phi) is 4.64. The van der Waals surface area contributed by atoms with Crippen LogP contribution in [0.1, 0.15) is 12.8 Å². The Morgan fingerprint density at radius 3 is 2.90 bits per heavy atom. The first-order valence-electron chi connectivity index (χ1n) is 6.73. The molecule has 8 heteroatoms. The fraction of sp³-hybridized carbons (Fsp3) is 0.462. The van der Waals surface area contributed by atoms with E-state index in [0.29, 0.717) is 25.3 Å². The van der Waals surface area contributed by atoms with Gasteiger partial charge in [0, 0.05) is 31.7 Å². The molecule has 1 amide bonds. The number of hydrogen-bond acceptors (Lipinski definition) is 4. The molecule has 2 N–H and O–H groups in total. The van der Waals surface area contributed by atoms with Gasteiger partial charge in [-0.15, -0.1) is 17.5 Å². The maximum absolute atomic E-state index is 12.0. The van der Waals surface area contributed by atoms with Crippen molar-refractivity contribution in [2.75, 3.05) is 13.1 Å². The maximum atomic E-state index is 12.0. The van der Waals surface area contributed by atoms with E-state index in [4.69, 9.17) is 5.73 Å². The number of carbonyl (C=O) groups is 1. The summed E-state index contributed by atoms with van der Waals surface area (Å²) in [5.41, 5.74) is 6.16. The molecule has 1 aliphatic rings. The molecule has 0 bridgehead atoms. The summed E-state index contributed by atoms with van der Waals surface area (Å²) in [6, 6.07) is 5.44. The highest BCUT2D eigenvalue weighted by atomic mass is 35.5. The van der Waals surface area contributed by atoms with Crippen molar-refractivity contribution in [2.45, 2.75) is 25.4 Å². The zero-order valence-corrected chi connectivity index (χ0v) is 12.3. The minimum absolute atomic E-state index is 0. The van der Waals surface area contributed by atoms with Crippen molar-refractivity contribution in [1.82, 2.24) is 19.1 Å². The van der Waals surface area contributed by atoms with Crippen LogP contribution in [0.15, 0.2) is 29.2 Å². The Morgan fingerprint density at radius 1 is 1.43 bits per heavy atom. The van der Waals surface area contributed by atoms with Crippen LogP contribution >= 0.6 is 12.4 Å². The molecule has 0 saturated carbocycles. The molecular formula is C13H18ClN5O2. The lowest BCUT2D eigenvalue weighted by molar-refractivity contribution is -0.130. The second kappa shape index (κ2) is 6.28. The summed E-state index contributed by atoms with van der Waals surface area (Å²) in [5, 5.41) is 4.20. The van der Waals surface area contributed by atoms with Gasteiger partial charge < -0.3 is 10.6 Å². The first-order chi connectivity index (χ1) is 9.65. The van der Waals surface area contributed by atoms with Crippen molar-refractivity contribution in [3.8, 4) is 0 Å². The molecule has 7 nitrogen and oxygen atoms in total. The predicted octanol–water partition coefficient (Wildman–Crippen LogP) is -0.133. The first-order valence-corrected chi connectivity index (χ1v) is 6.73. The molecule has 3 rings (SSSR count). The fourth-order valence-electron chi connectivity index (χ4n) is 2.49. The van der Waals surface area contributed by atoms with Crippen LogP contribution in [-0.4, -0.2) is 44.1 Å². The first kappa shape index (κ1) is 15.5. The lowest BCUT2D eigenvalue weighted by Crippen LogP contribution is -2.33. The number of likely N-dealkylation sites (tertiary alicyclic amines) is 1. The molecule has 0 aliphatic carbocycles. The molecule has 114 valence electrons. The Labute approximate surface area is 127 Å². The van der Waals surface area contributed by atoms with Crippen LogP contribution in [0.25, 0.3) is 5.65 Å². The highest BCUT2D eigenvalue weighted by Crippen LogP contribution is 2.08. The molecule has 2 aromatic rings. The van der Waals surface area contributed by atoms with Gasteiger partial charge in [0.2, 0.25) is 5.91 Å². The smallest absolute Gasteiger partial charge is 0.341 e. The number of amides is 1. The van der Waals surface area contributed by atoms with Crippen LogP contribution in [0.4, 0.5) is 0 Å². The van der Waals surface area contributed by atoms with E-state index in [1.807, 2.05) is 6.07 Å². The number of carbonyl (C=O) groups excluding carboxylic acids is 1. The van der Waals surface area contributed by atoms with Crippen LogP contribution < -0.4 is 11.4 Å². The summed E-state index contributed by atoms with van der Waals surface area (Å²) >= 11 is 0. The summed E-state index contributed by atoms with van der Waals surface area (Å²) in [4.78, 5) is 25.8. The Hall–Kier alpha value is -1.86. The molecule has 1 aliphatic heterocycles. The maximum Gasteiger partial charge on any atom is 0.350 e. The van der Waals surface area contributed by atoms with Crippen LogP contribution in [0.5, 0.6) is 0 Å².